The van der Waals surface area contributed by atoms with Crippen LogP contribution in [0, 0.1) is 0 Å². The van der Waals surface area contributed by atoms with E-state index < -0.39 is 0 Å². The molecule has 3 heteroatoms. The first-order valence-electron chi connectivity index (χ1n) is 6.69. The largest absolute Gasteiger partial charge is 0.497 e. The first-order chi connectivity index (χ1) is 9.65. The third kappa shape index (κ3) is 3.11. The van der Waals surface area contributed by atoms with Gasteiger partial charge < -0.3 is 15.2 Å². The molecule has 2 N–H and O–H groups in total. The molecule has 3 nitrogen and oxygen atoms in total. The summed E-state index contributed by atoms with van der Waals surface area (Å²) in [5.41, 5.74) is 8.67. The molecule has 20 heavy (non-hydrogen) atoms. The summed E-state index contributed by atoms with van der Waals surface area (Å²) < 4.78 is 10.3. The Kier molecular flexibility index (Phi) is 4.64. The van der Waals surface area contributed by atoms with Gasteiger partial charge in [0.1, 0.15) is 11.5 Å². The number of nitrogens with two attached hydrogens (primary N) is 1. The lowest BCUT2D eigenvalue weighted by atomic mass is 9.89. The summed E-state index contributed by atoms with van der Waals surface area (Å²) in [6.07, 6.45) is 0. The zero-order chi connectivity index (χ0) is 14.5. The smallest absolute Gasteiger partial charge is 0.118 e. The molecule has 0 aliphatic rings. The van der Waals surface area contributed by atoms with E-state index in [0.717, 1.165) is 17.1 Å². The highest BCUT2D eigenvalue weighted by Crippen LogP contribution is 2.30. The maximum Gasteiger partial charge on any atom is 0.118 e. The highest BCUT2D eigenvalue weighted by molar-refractivity contribution is 5.34. The molecule has 0 aliphatic carbocycles. The van der Waals surface area contributed by atoms with Gasteiger partial charge in [0.25, 0.3) is 0 Å². The molecule has 2 aromatic rings. The van der Waals surface area contributed by atoms with E-state index >= 15 is 0 Å². The minimum absolute atomic E-state index is 0.0469. The van der Waals surface area contributed by atoms with Crippen molar-refractivity contribution >= 4 is 0 Å². The van der Waals surface area contributed by atoms with Gasteiger partial charge in [-0.3, -0.25) is 0 Å². The van der Waals surface area contributed by atoms with Crippen LogP contribution in [-0.2, 0) is 0 Å². The van der Waals surface area contributed by atoms with Crippen molar-refractivity contribution in [2.75, 3.05) is 14.2 Å². The van der Waals surface area contributed by atoms with Crippen LogP contribution >= 0.6 is 0 Å². The Hall–Kier alpha value is -2.00. The number of ether oxygens (including phenoxy) is 2. The normalized spacial score (nSPS) is 13.6. The van der Waals surface area contributed by atoms with Crippen LogP contribution in [0.25, 0.3) is 0 Å². The molecule has 0 heterocycles. The monoisotopic (exact) mass is 271 g/mol. The van der Waals surface area contributed by atoms with E-state index in [1.165, 1.54) is 5.56 Å². The van der Waals surface area contributed by atoms with Crippen LogP contribution in [0.2, 0.25) is 0 Å². The summed E-state index contributed by atoms with van der Waals surface area (Å²) in [6.45, 7) is 2.14. The van der Waals surface area contributed by atoms with Crippen LogP contribution in [-0.4, -0.2) is 14.2 Å². The Labute approximate surface area is 120 Å². The van der Waals surface area contributed by atoms with Crippen molar-refractivity contribution in [3.63, 3.8) is 0 Å². The highest BCUT2D eigenvalue weighted by atomic mass is 16.5. The van der Waals surface area contributed by atoms with Crippen molar-refractivity contribution in [2.24, 2.45) is 5.73 Å². The number of benzene rings is 2. The van der Waals surface area contributed by atoms with Gasteiger partial charge in [-0.1, -0.05) is 31.2 Å². The standard InChI is InChI=1S/C17H21NO2/c1-12(13-4-8-15(19-2)9-5-13)17(18)14-6-10-16(20-3)11-7-14/h4-12,17H,18H2,1-3H3/t12-,17+/m0/s1. The van der Waals surface area contributed by atoms with Crippen molar-refractivity contribution in [3.05, 3.63) is 59.7 Å². The Morgan fingerprint density at radius 2 is 1.15 bits per heavy atom. The zero-order valence-corrected chi connectivity index (χ0v) is 12.2. The molecular weight excluding hydrogens is 250 g/mol. The van der Waals surface area contributed by atoms with Gasteiger partial charge in [-0.05, 0) is 35.4 Å². The molecule has 0 fully saturated rings. The SMILES string of the molecule is COc1ccc([C@H](C)[C@@H](N)c2ccc(OC)cc2)cc1. The number of methoxy groups -OCH3 is 2. The Morgan fingerprint density at radius 1 is 0.750 bits per heavy atom. The Balaban J connectivity index is 2.15. The predicted molar refractivity (Wildman–Crippen MR) is 81.3 cm³/mol. The molecule has 106 valence electrons. The van der Waals surface area contributed by atoms with Crippen LogP contribution in [0.3, 0.4) is 0 Å². The van der Waals surface area contributed by atoms with Crippen molar-refractivity contribution in [3.8, 4) is 11.5 Å². The fourth-order valence-corrected chi connectivity index (χ4v) is 2.23. The molecule has 0 amide bonds. The van der Waals surface area contributed by atoms with Crippen LogP contribution in [0.5, 0.6) is 11.5 Å². The molecule has 0 saturated carbocycles. The van der Waals surface area contributed by atoms with Crippen molar-refractivity contribution in [1.29, 1.82) is 0 Å². The summed E-state index contributed by atoms with van der Waals surface area (Å²) in [5, 5.41) is 0. The average Bonchev–Trinajstić information content (AvgIpc) is 2.53. The summed E-state index contributed by atoms with van der Waals surface area (Å²) in [4.78, 5) is 0. The highest BCUT2D eigenvalue weighted by Gasteiger charge is 2.16. The van der Waals surface area contributed by atoms with Gasteiger partial charge in [0.2, 0.25) is 0 Å². The van der Waals surface area contributed by atoms with E-state index in [-0.39, 0.29) is 12.0 Å². The first-order valence-corrected chi connectivity index (χ1v) is 6.69. The third-order valence-electron chi connectivity index (χ3n) is 3.68. The molecule has 0 spiro atoms. The molecule has 0 saturated heterocycles. The van der Waals surface area contributed by atoms with Gasteiger partial charge in [0.05, 0.1) is 14.2 Å². The van der Waals surface area contributed by atoms with E-state index in [9.17, 15) is 0 Å². The number of hydrogen-bond acceptors (Lipinski definition) is 3. The second-order valence-corrected chi connectivity index (χ2v) is 4.86. The molecule has 2 aromatic carbocycles. The van der Waals surface area contributed by atoms with E-state index in [1.54, 1.807) is 14.2 Å². The van der Waals surface area contributed by atoms with Gasteiger partial charge in [0.15, 0.2) is 0 Å². The fourth-order valence-electron chi connectivity index (χ4n) is 2.23. The second-order valence-electron chi connectivity index (χ2n) is 4.86. The van der Waals surface area contributed by atoms with Gasteiger partial charge in [0, 0.05) is 12.0 Å². The Bertz CT molecular complexity index is 482. The maximum atomic E-state index is 6.36. The lowest BCUT2D eigenvalue weighted by Gasteiger charge is -2.21. The molecule has 0 aromatic heterocycles. The summed E-state index contributed by atoms with van der Waals surface area (Å²) in [5.74, 6) is 1.94. The van der Waals surface area contributed by atoms with Crippen molar-refractivity contribution in [2.45, 2.75) is 18.9 Å². The minimum Gasteiger partial charge on any atom is -0.497 e. The molecule has 0 unspecified atom stereocenters. The van der Waals surface area contributed by atoms with Crippen LogP contribution < -0.4 is 15.2 Å². The predicted octanol–water partition coefficient (Wildman–Crippen LogP) is 3.51. The molecular formula is C17H21NO2. The van der Waals surface area contributed by atoms with Gasteiger partial charge in [-0.15, -0.1) is 0 Å². The Morgan fingerprint density at radius 3 is 1.55 bits per heavy atom. The minimum atomic E-state index is -0.0469. The van der Waals surface area contributed by atoms with Crippen LogP contribution in [0.4, 0.5) is 0 Å². The lowest BCUT2D eigenvalue weighted by Crippen LogP contribution is -2.17. The number of hydrogen-bond donors (Lipinski definition) is 1. The lowest BCUT2D eigenvalue weighted by molar-refractivity contribution is 0.414. The molecule has 2 atom stereocenters. The maximum absolute atomic E-state index is 6.36. The van der Waals surface area contributed by atoms with Gasteiger partial charge >= 0.3 is 0 Å². The zero-order valence-electron chi connectivity index (χ0n) is 12.2. The van der Waals surface area contributed by atoms with E-state index in [1.807, 2.05) is 36.4 Å². The van der Waals surface area contributed by atoms with E-state index in [0.29, 0.717) is 0 Å². The quantitative estimate of drug-likeness (QED) is 0.905. The molecule has 0 radical (unpaired) electrons. The van der Waals surface area contributed by atoms with Crippen molar-refractivity contribution in [1.82, 2.24) is 0 Å². The van der Waals surface area contributed by atoms with Crippen molar-refractivity contribution < 1.29 is 9.47 Å². The van der Waals surface area contributed by atoms with E-state index in [2.05, 4.69) is 19.1 Å². The van der Waals surface area contributed by atoms with Crippen LogP contribution in [0.15, 0.2) is 48.5 Å². The summed E-state index contributed by atoms with van der Waals surface area (Å²) >= 11 is 0. The topological polar surface area (TPSA) is 44.5 Å². The third-order valence-corrected chi connectivity index (χ3v) is 3.68. The second kappa shape index (κ2) is 6.44. The van der Waals surface area contributed by atoms with Gasteiger partial charge in [-0.2, -0.15) is 0 Å². The number of rotatable bonds is 5. The van der Waals surface area contributed by atoms with Crippen LogP contribution in [0.1, 0.15) is 30.0 Å². The first kappa shape index (κ1) is 14.4. The fraction of sp³-hybridized carbons (Fsp3) is 0.294. The molecule has 0 aliphatic heterocycles. The summed E-state index contributed by atoms with van der Waals surface area (Å²) in [6, 6.07) is 15.9. The van der Waals surface area contributed by atoms with Gasteiger partial charge in [-0.25, -0.2) is 0 Å². The summed E-state index contributed by atoms with van der Waals surface area (Å²) in [7, 11) is 3.33. The molecule has 2 rings (SSSR count). The average molecular weight is 271 g/mol. The van der Waals surface area contributed by atoms with E-state index in [4.69, 9.17) is 15.2 Å². The molecule has 0 bridgehead atoms.